The van der Waals surface area contributed by atoms with E-state index in [-0.39, 0.29) is 24.8 Å². The van der Waals surface area contributed by atoms with Crippen LogP contribution in [0.2, 0.25) is 5.02 Å². The molecule has 1 unspecified atom stereocenters. The molecule has 0 saturated heterocycles. The van der Waals surface area contributed by atoms with Crippen molar-refractivity contribution in [2.24, 2.45) is 7.05 Å². The number of benzene rings is 1. The van der Waals surface area contributed by atoms with E-state index >= 15 is 4.39 Å². The average Bonchev–Trinajstić information content (AvgIpc) is 3.20. The van der Waals surface area contributed by atoms with E-state index in [4.69, 9.17) is 26.4 Å². The fourth-order valence-electron chi connectivity index (χ4n) is 3.53. The number of nitrogens with zero attached hydrogens (tertiary/aromatic N) is 2. The number of hydroxylamine groups is 2. The van der Waals surface area contributed by atoms with Crippen molar-refractivity contribution in [3.05, 3.63) is 44.7 Å². The van der Waals surface area contributed by atoms with Gasteiger partial charge in [0.25, 0.3) is 0 Å². The number of aryl methyl sites for hydroxylation is 1. The molecule has 0 spiro atoms. The van der Waals surface area contributed by atoms with Gasteiger partial charge in [0.2, 0.25) is 5.91 Å². The molecule has 1 atom stereocenters. The van der Waals surface area contributed by atoms with E-state index in [1.165, 1.54) is 0 Å². The molecule has 1 heterocycles. The third kappa shape index (κ3) is 6.77. The van der Waals surface area contributed by atoms with Crippen LogP contribution in [0.15, 0.2) is 29.0 Å². The van der Waals surface area contributed by atoms with Crippen molar-refractivity contribution in [1.82, 2.24) is 20.5 Å². The number of anilines is 1. The zero-order valence-corrected chi connectivity index (χ0v) is 21.1. The molecular weight excluding hydrogens is 533 g/mol. The molecule has 1 aliphatic carbocycles. The predicted octanol–water partition coefficient (Wildman–Crippen LogP) is 2.51. The van der Waals surface area contributed by atoms with E-state index in [9.17, 15) is 4.79 Å². The Kier molecular flexibility index (Phi) is 9.86. The van der Waals surface area contributed by atoms with Gasteiger partial charge in [-0.1, -0.05) is 40.0 Å². The SMILES string of the molecule is Cn1cnc2c1=CCC(NOCCOCCCCCC(=O)NO)(Nc1ccc(Br)cc1Cl)C=2F. The summed E-state index contributed by atoms with van der Waals surface area (Å²) in [5, 5.41) is 13.0. The first-order valence-corrected chi connectivity index (χ1v) is 12.0. The molecule has 0 radical (unpaired) electrons. The van der Waals surface area contributed by atoms with Gasteiger partial charge in [0.1, 0.15) is 5.35 Å². The Balaban J connectivity index is 1.57. The maximum absolute atomic E-state index is 15.7. The van der Waals surface area contributed by atoms with Gasteiger partial charge in [0, 0.05) is 31.0 Å². The van der Waals surface area contributed by atoms with Crippen molar-refractivity contribution >= 4 is 51.0 Å². The lowest BCUT2D eigenvalue weighted by Crippen LogP contribution is -2.57. The van der Waals surface area contributed by atoms with E-state index in [0.717, 1.165) is 17.3 Å². The number of hydrogen-bond donors (Lipinski definition) is 4. The highest BCUT2D eigenvalue weighted by Gasteiger charge is 2.39. The Morgan fingerprint density at radius 3 is 2.91 bits per heavy atom. The van der Waals surface area contributed by atoms with Gasteiger partial charge in [-0.3, -0.25) is 14.8 Å². The van der Waals surface area contributed by atoms with E-state index in [2.05, 4.69) is 31.7 Å². The van der Waals surface area contributed by atoms with Crippen LogP contribution in [-0.4, -0.2) is 46.1 Å². The Hall–Kier alpha value is -2.02. The van der Waals surface area contributed by atoms with E-state index < -0.39 is 17.4 Å². The lowest BCUT2D eigenvalue weighted by Gasteiger charge is -2.35. The van der Waals surface area contributed by atoms with Crippen molar-refractivity contribution in [1.29, 1.82) is 0 Å². The minimum atomic E-state index is -1.40. The molecule has 1 aromatic heterocycles. The van der Waals surface area contributed by atoms with Crippen LogP contribution in [0.5, 0.6) is 0 Å². The maximum Gasteiger partial charge on any atom is 0.243 e. The standard InChI is InChI=1S/C22H28BrClFN5O4/c1-30-14-26-20-18(30)8-9-22(21(20)25,27-17-7-6-15(23)13-16(17)24)29-34-12-11-33-10-4-2-3-5-19(31)28-32/h6-8,13-14,27,29,32H,2-5,9-12H2,1H3,(H,28,31). The number of fused-ring (bicyclic) bond motifs is 1. The minimum Gasteiger partial charge on any atom is -0.379 e. The summed E-state index contributed by atoms with van der Waals surface area (Å²) >= 11 is 9.74. The molecule has 186 valence electrons. The number of carbonyl (C=O) groups excluding carboxylic acids is 1. The van der Waals surface area contributed by atoms with Crippen LogP contribution >= 0.6 is 27.5 Å². The largest absolute Gasteiger partial charge is 0.379 e. The van der Waals surface area contributed by atoms with Gasteiger partial charge in [0.15, 0.2) is 11.5 Å². The van der Waals surface area contributed by atoms with Gasteiger partial charge < -0.3 is 14.6 Å². The smallest absolute Gasteiger partial charge is 0.243 e. The zero-order valence-electron chi connectivity index (χ0n) is 18.7. The second-order valence-electron chi connectivity index (χ2n) is 7.87. The summed E-state index contributed by atoms with van der Waals surface area (Å²) in [6, 6.07) is 5.28. The fraction of sp³-hybridized carbons (Fsp3) is 0.455. The van der Waals surface area contributed by atoms with Gasteiger partial charge >= 0.3 is 0 Å². The first-order chi connectivity index (χ1) is 16.4. The number of hydrogen-bond acceptors (Lipinski definition) is 7. The molecule has 34 heavy (non-hydrogen) atoms. The Morgan fingerprint density at radius 1 is 1.32 bits per heavy atom. The van der Waals surface area contributed by atoms with E-state index in [1.54, 1.807) is 28.5 Å². The molecule has 0 fully saturated rings. The second-order valence-corrected chi connectivity index (χ2v) is 9.20. The van der Waals surface area contributed by atoms with Crippen molar-refractivity contribution in [2.75, 3.05) is 25.1 Å². The number of amides is 1. The second kappa shape index (κ2) is 12.6. The predicted molar refractivity (Wildman–Crippen MR) is 130 cm³/mol. The molecule has 9 nitrogen and oxygen atoms in total. The molecule has 1 amide bonds. The fourth-order valence-corrected chi connectivity index (χ4v) is 4.25. The summed E-state index contributed by atoms with van der Waals surface area (Å²) in [5.74, 6) is -0.897. The number of nitrogens with one attached hydrogen (secondary N) is 3. The van der Waals surface area contributed by atoms with Crippen LogP contribution in [0.1, 0.15) is 32.1 Å². The third-order valence-corrected chi connectivity index (χ3v) is 6.15. The molecule has 0 aliphatic heterocycles. The summed E-state index contributed by atoms with van der Waals surface area (Å²) in [4.78, 5) is 20.7. The highest BCUT2D eigenvalue weighted by molar-refractivity contribution is 9.10. The van der Waals surface area contributed by atoms with Gasteiger partial charge in [-0.25, -0.2) is 14.9 Å². The number of rotatable bonds is 13. The molecule has 0 saturated carbocycles. The topological polar surface area (TPSA) is 110 Å². The summed E-state index contributed by atoms with van der Waals surface area (Å²) in [7, 11) is 1.81. The molecule has 12 heteroatoms. The van der Waals surface area contributed by atoms with Crippen LogP contribution in [-0.2, 0) is 21.4 Å². The van der Waals surface area contributed by atoms with Gasteiger partial charge in [-0.2, -0.15) is 5.48 Å². The lowest BCUT2D eigenvalue weighted by molar-refractivity contribution is -0.129. The normalized spacial score (nSPS) is 17.3. The van der Waals surface area contributed by atoms with Crippen LogP contribution < -0.4 is 27.0 Å². The average molecular weight is 561 g/mol. The number of halogens is 3. The summed E-state index contributed by atoms with van der Waals surface area (Å²) in [6.07, 6.45) is 6.22. The molecule has 1 aromatic carbocycles. The third-order valence-electron chi connectivity index (χ3n) is 5.34. The van der Waals surface area contributed by atoms with Crippen molar-refractivity contribution < 1.29 is 24.0 Å². The Bertz CT molecular complexity index is 1120. The van der Waals surface area contributed by atoms with Crippen LogP contribution in [0.3, 0.4) is 0 Å². The quantitative estimate of drug-likeness (QED) is 0.129. The molecule has 4 N–H and O–H groups in total. The first-order valence-electron chi connectivity index (χ1n) is 10.9. The monoisotopic (exact) mass is 559 g/mol. The number of unbranched alkanes of at least 4 members (excludes halogenated alkanes) is 2. The Labute approximate surface area is 210 Å². The van der Waals surface area contributed by atoms with E-state index in [0.29, 0.717) is 35.7 Å². The number of aromatic nitrogens is 2. The van der Waals surface area contributed by atoms with Crippen molar-refractivity contribution in [3.8, 4) is 0 Å². The zero-order chi connectivity index (χ0) is 24.6. The molecule has 2 aromatic rings. The molecular formula is C22H28BrClFN5O4. The number of ether oxygens (including phenoxy) is 1. The van der Waals surface area contributed by atoms with Crippen molar-refractivity contribution in [3.63, 3.8) is 0 Å². The number of carbonyl (C=O) groups is 1. The Morgan fingerprint density at radius 2 is 2.15 bits per heavy atom. The number of imidazole rings is 1. The van der Waals surface area contributed by atoms with Gasteiger partial charge in [-0.15, -0.1) is 0 Å². The molecule has 3 rings (SSSR count). The van der Waals surface area contributed by atoms with Gasteiger partial charge in [0.05, 0.1) is 35.6 Å². The van der Waals surface area contributed by atoms with Crippen LogP contribution in [0.4, 0.5) is 10.1 Å². The molecule has 0 bridgehead atoms. The van der Waals surface area contributed by atoms with Crippen molar-refractivity contribution in [2.45, 2.75) is 37.8 Å². The highest BCUT2D eigenvalue weighted by Crippen LogP contribution is 2.32. The summed E-state index contributed by atoms with van der Waals surface area (Å²) in [5.41, 5.74) is 3.58. The maximum atomic E-state index is 15.7. The van der Waals surface area contributed by atoms with Gasteiger partial charge in [-0.05, 0) is 31.0 Å². The summed E-state index contributed by atoms with van der Waals surface area (Å²) in [6.45, 7) is 1.000. The van der Waals surface area contributed by atoms with Crippen LogP contribution in [0.25, 0.3) is 11.9 Å². The molecule has 1 aliphatic rings. The highest BCUT2D eigenvalue weighted by atomic mass is 79.9. The van der Waals surface area contributed by atoms with Crippen LogP contribution in [0, 0.1) is 0 Å². The first kappa shape index (κ1) is 26.6. The van der Waals surface area contributed by atoms with E-state index in [1.807, 2.05) is 19.2 Å². The summed E-state index contributed by atoms with van der Waals surface area (Å²) < 4.78 is 23.8. The lowest BCUT2D eigenvalue weighted by atomic mass is 10.00. The minimum absolute atomic E-state index is 0.187.